The lowest BCUT2D eigenvalue weighted by molar-refractivity contribution is -0.249. The van der Waals surface area contributed by atoms with Gasteiger partial charge in [-0.25, -0.2) is 0 Å². The van der Waals surface area contributed by atoms with Crippen molar-refractivity contribution >= 4 is 76.1 Å². The third kappa shape index (κ3) is 67.8. The van der Waals surface area contributed by atoms with Gasteiger partial charge in [0.25, 0.3) is 46.9 Å². The van der Waals surface area contributed by atoms with E-state index in [0.29, 0.717) is 0 Å². The van der Waals surface area contributed by atoms with E-state index in [9.17, 15) is 70.7 Å². The van der Waals surface area contributed by atoms with Crippen molar-refractivity contribution in [1.29, 1.82) is 0 Å². The molecular formula is C43H91FN4O42P7S2-7. The summed E-state index contributed by atoms with van der Waals surface area (Å²) in [5, 5.41) is 8.64. The normalized spacial score (nSPS) is 17.7. The van der Waals surface area contributed by atoms with E-state index < -0.39 is 172 Å². The summed E-state index contributed by atoms with van der Waals surface area (Å²) in [7, 11) is -33.7. The fourth-order valence-electron chi connectivity index (χ4n) is 5.89. The third-order valence-electron chi connectivity index (χ3n) is 9.87. The van der Waals surface area contributed by atoms with Crippen LogP contribution in [0.5, 0.6) is 0 Å². The van der Waals surface area contributed by atoms with Gasteiger partial charge in [0, 0.05) is 6.66 Å². The van der Waals surface area contributed by atoms with Crippen molar-refractivity contribution in [2.45, 2.75) is 24.4 Å². The van der Waals surface area contributed by atoms with Crippen LogP contribution >= 0.6 is 76.1 Å². The van der Waals surface area contributed by atoms with Crippen LogP contribution in [0, 0.1) is 0 Å². The number of hydrogen-bond acceptors (Lipinski definition) is 48. The lowest BCUT2D eigenvalue weighted by Crippen LogP contribution is -2.33. The number of nitrogens with one attached hydrogen (secondary N) is 1. The number of phosphoric acid groups is 6. The minimum Gasteiger partial charge on any atom is -0.779 e. The molecule has 0 aromatic carbocycles. The van der Waals surface area contributed by atoms with Crippen molar-refractivity contribution < 1.29 is 201 Å². The minimum atomic E-state index is -5.69. The van der Waals surface area contributed by atoms with Gasteiger partial charge in [-0.05, 0) is 0 Å². The number of aliphatic hydroxyl groups excluding tert-OH is 1. The van der Waals surface area contributed by atoms with E-state index in [1.807, 2.05) is 0 Å². The molecule has 0 rings (SSSR count). The quantitative estimate of drug-likeness (QED) is 0.0126. The Morgan fingerprint density at radius 1 is 0.323 bits per heavy atom. The Morgan fingerprint density at radius 2 is 0.556 bits per heavy atom. The van der Waals surface area contributed by atoms with Crippen molar-refractivity contribution in [2.75, 3.05) is 257 Å². The number of halogens is 1. The van der Waals surface area contributed by atoms with Crippen molar-refractivity contribution in [3.63, 3.8) is 0 Å². The second kappa shape index (κ2) is 62.6. The van der Waals surface area contributed by atoms with Crippen LogP contribution in [0.4, 0.5) is 4.48 Å². The Morgan fingerprint density at radius 3 is 0.818 bits per heavy atom. The number of phosphoric ester groups is 6. The molecule has 46 nitrogen and oxygen atoms in total. The van der Waals surface area contributed by atoms with E-state index in [1.54, 1.807) is 0 Å². The number of aliphatic hydroxyl groups is 1. The predicted octanol–water partition coefficient (Wildman–Crippen LogP) is -4.63. The van der Waals surface area contributed by atoms with Gasteiger partial charge in [-0.2, -0.15) is 0 Å². The molecule has 0 aromatic heterocycles. The van der Waals surface area contributed by atoms with Crippen molar-refractivity contribution in [3.05, 3.63) is 0 Å². The van der Waals surface area contributed by atoms with Gasteiger partial charge in [-0.3, -0.25) is 27.4 Å². The topological polar surface area (TPSA) is 640 Å². The van der Waals surface area contributed by atoms with E-state index in [-0.39, 0.29) is 157 Å². The van der Waals surface area contributed by atoms with Crippen LogP contribution in [0.1, 0.15) is 0 Å². The SMILES string of the molecule is CP(=O)([O-])OCCOCCOCCOCCOCCOCCOP(=O)([O-])OC(COCN)COP(=O)([O-])OC(COCN)COP(=O)([O-])OC(COCN)COP(=O)([O-])OC(COCNF)COP(=O)([O-])OCCOCCOCCOCCOCCOCCOP(=O)([O-])OCSSCO. The highest BCUT2D eigenvalue weighted by atomic mass is 33.1. The molecule has 0 aliphatic carbocycles. The summed E-state index contributed by atoms with van der Waals surface area (Å²) in [6, 6.07) is 0. The zero-order valence-corrected chi connectivity index (χ0v) is 61.8. The molecule has 0 aromatic rings. The first kappa shape index (κ1) is 99.7. The Hall–Kier alpha value is 0.680. The van der Waals surface area contributed by atoms with Gasteiger partial charge in [0.2, 0.25) is 0 Å². The smallest absolute Gasteiger partial charge is 0.268 e. The molecular weight excluding hydrogens is 1540 g/mol. The first-order valence-corrected chi connectivity index (χ1v) is 42.3. The second-order valence-corrected chi connectivity index (χ2v) is 30.3. The van der Waals surface area contributed by atoms with Crippen LogP contribution in [0.3, 0.4) is 0 Å². The molecule has 0 bridgehead atoms. The first-order chi connectivity index (χ1) is 47.0. The highest BCUT2D eigenvalue weighted by molar-refractivity contribution is 8.76. The largest absolute Gasteiger partial charge is 0.779 e. The number of rotatable bonds is 78. The zero-order chi connectivity index (χ0) is 73.9. The highest BCUT2D eigenvalue weighted by Crippen LogP contribution is 2.47. The molecule has 11 unspecified atom stereocenters. The van der Waals surface area contributed by atoms with Crippen LogP contribution in [0.2, 0.25) is 0 Å². The van der Waals surface area contributed by atoms with E-state index in [2.05, 4.69) is 18.1 Å². The molecule has 0 heterocycles. The molecule has 0 aliphatic rings. The van der Waals surface area contributed by atoms with Crippen molar-refractivity contribution in [2.24, 2.45) is 17.2 Å². The molecule has 0 spiro atoms. The van der Waals surface area contributed by atoms with Gasteiger partial charge >= 0.3 is 0 Å². The summed E-state index contributed by atoms with van der Waals surface area (Å²) in [6.07, 6.45) is -7.50. The van der Waals surface area contributed by atoms with Crippen LogP contribution in [0.25, 0.3) is 0 Å². The van der Waals surface area contributed by atoms with E-state index in [4.69, 9.17) is 129 Å². The number of ether oxygens (including phenoxy) is 14. The lowest BCUT2D eigenvalue weighted by Gasteiger charge is -2.33. The summed E-state index contributed by atoms with van der Waals surface area (Å²) in [5.41, 5.74) is 17.1. The van der Waals surface area contributed by atoms with Crippen LogP contribution in [0.15, 0.2) is 0 Å². The maximum atomic E-state index is 13.0. The number of hydrogen-bond donors (Lipinski definition) is 5. The first-order valence-electron chi connectivity index (χ1n) is 29.1. The molecule has 11 atom stereocenters. The van der Waals surface area contributed by atoms with Gasteiger partial charge in [-0.15, -0.1) is 10.0 Å². The average molecular weight is 1640 g/mol. The minimum absolute atomic E-state index is 0.00738. The Balaban J connectivity index is 4.91. The van der Waals surface area contributed by atoms with Crippen molar-refractivity contribution in [1.82, 2.24) is 5.54 Å². The lowest BCUT2D eigenvalue weighted by atomic mass is 10.4. The monoisotopic (exact) mass is 1640 g/mol. The molecule has 0 radical (unpaired) electrons. The molecule has 0 amide bonds. The van der Waals surface area contributed by atoms with Gasteiger partial charge < -0.3 is 186 Å². The maximum absolute atomic E-state index is 13.0. The van der Waals surface area contributed by atoms with Crippen LogP contribution < -0.4 is 57.0 Å². The predicted molar refractivity (Wildman–Crippen MR) is 323 cm³/mol. The van der Waals surface area contributed by atoms with Crippen LogP contribution in [-0.2, 0) is 157 Å². The van der Waals surface area contributed by atoms with Gasteiger partial charge in [0.05, 0.1) is 238 Å². The molecule has 8 N–H and O–H groups in total. The fourth-order valence-corrected chi connectivity index (χ4v) is 12.6. The molecule has 0 fully saturated rings. The standard InChI is InChI=1S/C43H98FN4O42P7S2/c1-91(50,51)78-22-18-70-14-10-66-6-2-64-5-9-69-13-17-73-21-25-81-94(56,57)87-40(26-74-34-45)31-83-95(58,59)88-41(27-75-35-46)32-84-96(60,61)89-42(28-76-36-47)33-85-97(62,63)90-43(29-77-37-48-44)30-82-92(52,53)79-23-19-71-15-11-67-7-3-65-4-8-68-12-16-72-20-24-80-93(54,55)86-39-99-98-38-49/h40-43,48-49H,2-39,45-47H2,1H3,(H,50,51)(H,52,53)(H,54,55)(H,56,57)(H,58,59)(H,60,61)(H,62,63)/p-7. The summed E-state index contributed by atoms with van der Waals surface area (Å²) in [6.45, 7) is -8.84. The Kier molecular flexibility index (Phi) is 63.0. The number of nitrogens with two attached hydrogens (primary N) is 3. The summed E-state index contributed by atoms with van der Waals surface area (Å²) >= 11 is 0. The summed E-state index contributed by atoms with van der Waals surface area (Å²) < 4.78 is 233. The molecule has 0 saturated heterocycles. The van der Waals surface area contributed by atoms with Gasteiger partial charge in [0.1, 0.15) is 44.7 Å². The zero-order valence-electron chi connectivity index (χ0n) is 53.9. The third-order valence-corrected chi connectivity index (χ3v) is 18.3. The van der Waals surface area contributed by atoms with Crippen molar-refractivity contribution in [3.8, 4) is 0 Å². The average Bonchev–Trinajstić information content (AvgIpc) is 0.878. The Bertz CT molecular complexity index is 2290. The summed E-state index contributed by atoms with van der Waals surface area (Å²) in [4.78, 5) is 86.4. The van der Waals surface area contributed by atoms with E-state index in [0.717, 1.165) is 33.8 Å². The summed E-state index contributed by atoms with van der Waals surface area (Å²) in [5.74, 6) is -0.422. The fraction of sp³-hybridized carbons (Fsp3) is 1.00. The van der Waals surface area contributed by atoms with E-state index >= 15 is 0 Å². The maximum Gasteiger partial charge on any atom is 0.268 e. The van der Waals surface area contributed by atoms with Gasteiger partial charge in [0.15, 0.2) is 0 Å². The molecule has 0 saturated carbocycles. The highest BCUT2D eigenvalue weighted by Gasteiger charge is 2.29. The van der Waals surface area contributed by atoms with Crippen LogP contribution in [-0.4, -0.2) is 286 Å². The molecule has 0 aliphatic heterocycles. The van der Waals surface area contributed by atoms with E-state index in [1.165, 1.54) is 0 Å². The second-order valence-electron chi connectivity index (χ2n) is 17.9. The molecule has 56 heteroatoms. The van der Waals surface area contributed by atoms with Gasteiger partial charge in [-0.1, -0.05) is 21.6 Å². The Labute approximate surface area is 579 Å². The molecule has 596 valence electrons. The molecule has 99 heavy (non-hydrogen) atoms.